The zero-order valence-corrected chi connectivity index (χ0v) is 18.3. The van der Waals surface area contributed by atoms with Crippen molar-refractivity contribution < 1.29 is 18.3 Å². The average Bonchev–Trinajstić information content (AvgIpc) is 3.25. The van der Waals surface area contributed by atoms with Crippen molar-refractivity contribution in [2.75, 3.05) is 22.9 Å². The van der Waals surface area contributed by atoms with Gasteiger partial charge in [0.25, 0.3) is 0 Å². The van der Waals surface area contributed by atoms with Crippen LogP contribution in [0.5, 0.6) is 11.6 Å². The first-order valence-corrected chi connectivity index (χ1v) is 11.3. The van der Waals surface area contributed by atoms with Gasteiger partial charge in [0.1, 0.15) is 17.7 Å². The molecule has 9 nitrogen and oxygen atoms in total. The van der Waals surface area contributed by atoms with Gasteiger partial charge in [0, 0.05) is 29.7 Å². The molecule has 1 atom stereocenters. The maximum atomic E-state index is 11.5. The number of hydrogen-bond donors (Lipinski definition) is 4. The van der Waals surface area contributed by atoms with Gasteiger partial charge in [-0.05, 0) is 42.0 Å². The van der Waals surface area contributed by atoms with Gasteiger partial charge in [0.05, 0.1) is 11.1 Å². The number of ether oxygens (including phenoxy) is 1. The molecule has 10 heteroatoms. The minimum atomic E-state index is -1.82. The van der Waals surface area contributed by atoms with E-state index in [1.165, 1.54) is 12.4 Å². The molecule has 4 aromatic rings. The smallest absolute Gasteiger partial charge is 0.247 e. The summed E-state index contributed by atoms with van der Waals surface area (Å²) in [6.07, 6.45) is 2.61. The van der Waals surface area contributed by atoms with E-state index in [9.17, 15) is 9.00 Å². The minimum absolute atomic E-state index is 0.161. The molecule has 1 unspecified atom stereocenters. The minimum Gasteiger partial charge on any atom is -0.438 e. The second kappa shape index (κ2) is 10.1. The molecule has 4 N–H and O–H groups in total. The van der Waals surface area contributed by atoms with E-state index in [0.29, 0.717) is 34.9 Å². The van der Waals surface area contributed by atoms with Crippen LogP contribution in [-0.4, -0.2) is 41.9 Å². The van der Waals surface area contributed by atoms with Crippen molar-refractivity contribution in [2.45, 2.75) is 0 Å². The highest BCUT2D eigenvalue weighted by atomic mass is 32.2. The van der Waals surface area contributed by atoms with Crippen LogP contribution in [0.25, 0.3) is 22.3 Å². The fourth-order valence-electron chi connectivity index (χ4n) is 3.15. The zero-order valence-electron chi connectivity index (χ0n) is 17.4. The van der Waals surface area contributed by atoms with E-state index in [4.69, 9.17) is 9.29 Å². The Hall–Kier alpha value is -4.02. The number of anilines is 2. The van der Waals surface area contributed by atoms with E-state index >= 15 is 0 Å². The molecule has 0 fully saturated rings. The lowest BCUT2D eigenvalue weighted by Crippen LogP contribution is -2.09. The molecule has 0 aliphatic heterocycles. The molecular weight excluding hydrogens is 442 g/mol. The van der Waals surface area contributed by atoms with E-state index in [1.807, 2.05) is 30.3 Å². The van der Waals surface area contributed by atoms with Crippen LogP contribution >= 0.6 is 0 Å². The maximum Gasteiger partial charge on any atom is 0.247 e. The summed E-state index contributed by atoms with van der Waals surface area (Å²) in [5.74, 6) is 0.745. The number of amides is 1. The lowest BCUT2D eigenvalue weighted by atomic mass is 10.1. The van der Waals surface area contributed by atoms with E-state index < -0.39 is 11.1 Å². The molecule has 0 spiro atoms. The fraction of sp³-hybridized carbons (Fsp3) is 0.0870. The molecule has 0 aliphatic carbocycles. The molecule has 0 saturated carbocycles. The first-order chi connectivity index (χ1) is 16.0. The average molecular weight is 464 g/mol. The van der Waals surface area contributed by atoms with Gasteiger partial charge in [0.2, 0.25) is 11.8 Å². The first-order valence-electron chi connectivity index (χ1n) is 9.98. The van der Waals surface area contributed by atoms with Crippen LogP contribution in [0, 0.1) is 0 Å². The summed E-state index contributed by atoms with van der Waals surface area (Å²) in [4.78, 5) is 23.4. The number of aromatic amines is 1. The van der Waals surface area contributed by atoms with Crippen LogP contribution in [0.2, 0.25) is 0 Å². The predicted molar refractivity (Wildman–Crippen MR) is 129 cm³/mol. The SMILES string of the molecule is C=CC(=O)Nc1cccc(Oc2ncnc3[nH]c(-c4ccc(NCCS(=O)O)cc4)cc23)c1. The van der Waals surface area contributed by atoms with Gasteiger partial charge in [-0.1, -0.05) is 24.8 Å². The summed E-state index contributed by atoms with van der Waals surface area (Å²) in [5.41, 5.74) is 3.83. The second-order valence-electron chi connectivity index (χ2n) is 6.98. The number of nitrogens with one attached hydrogen (secondary N) is 3. The van der Waals surface area contributed by atoms with Gasteiger partial charge in [-0.3, -0.25) is 4.79 Å². The van der Waals surface area contributed by atoms with Crippen LogP contribution < -0.4 is 15.4 Å². The summed E-state index contributed by atoms with van der Waals surface area (Å²) in [6.45, 7) is 3.85. The van der Waals surface area contributed by atoms with Gasteiger partial charge in [-0.2, -0.15) is 0 Å². The Morgan fingerprint density at radius 1 is 1.15 bits per heavy atom. The van der Waals surface area contributed by atoms with Crippen molar-refractivity contribution in [3.05, 3.63) is 73.6 Å². The quantitative estimate of drug-likeness (QED) is 0.216. The summed E-state index contributed by atoms with van der Waals surface area (Å²) in [6, 6.07) is 16.5. The number of benzene rings is 2. The molecular formula is C23H21N5O4S. The van der Waals surface area contributed by atoms with Gasteiger partial charge < -0.3 is 24.9 Å². The van der Waals surface area contributed by atoms with E-state index in [-0.39, 0.29) is 11.7 Å². The Balaban J connectivity index is 1.54. The number of carbonyl (C=O) groups excluding carboxylic acids is 1. The van der Waals surface area contributed by atoms with Crippen molar-refractivity contribution in [3.8, 4) is 22.9 Å². The standard InChI is InChI=1S/C23H21N5O4S/c1-2-21(29)27-17-4-3-5-18(12-17)32-23-19-13-20(28-22(19)25-14-26-23)15-6-8-16(9-7-15)24-10-11-33(30)31/h2-9,12-14,24H,1,10-11H2,(H,27,29)(H,30,31)(H,25,26,28). The van der Waals surface area contributed by atoms with E-state index in [1.54, 1.807) is 24.3 Å². The van der Waals surface area contributed by atoms with Gasteiger partial charge >= 0.3 is 0 Å². The molecule has 0 radical (unpaired) electrons. The Bertz CT molecular complexity index is 1320. The molecule has 168 valence electrons. The van der Waals surface area contributed by atoms with E-state index in [0.717, 1.165) is 16.9 Å². The van der Waals surface area contributed by atoms with Crippen LogP contribution in [0.3, 0.4) is 0 Å². The van der Waals surface area contributed by atoms with Crippen molar-refractivity contribution in [1.29, 1.82) is 0 Å². The normalized spacial score (nSPS) is 11.7. The number of rotatable bonds is 9. The van der Waals surface area contributed by atoms with Crippen LogP contribution in [0.4, 0.5) is 11.4 Å². The Morgan fingerprint density at radius 3 is 2.73 bits per heavy atom. The molecule has 2 heterocycles. The van der Waals surface area contributed by atoms with Gasteiger partial charge in [-0.25, -0.2) is 14.2 Å². The highest BCUT2D eigenvalue weighted by molar-refractivity contribution is 7.79. The van der Waals surface area contributed by atoms with Crippen molar-refractivity contribution in [2.24, 2.45) is 0 Å². The summed E-state index contributed by atoms with van der Waals surface area (Å²) >= 11 is -1.82. The third-order valence-corrected chi connectivity index (χ3v) is 5.25. The topological polar surface area (TPSA) is 129 Å². The zero-order chi connectivity index (χ0) is 23.2. The highest BCUT2D eigenvalue weighted by Crippen LogP contribution is 2.31. The fourth-order valence-corrected chi connectivity index (χ4v) is 3.42. The van der Waals surface area contributed by atoms with Crippen LogP contribution in [0.1, 0.15) is 0 Å². The lowest BCUT2D eigenvalue weighted by molar-refractivity contribution is -0.111. The summed E-state index contributed by atoms with van der Waals surface area (Å²) < 4.78 is 25.6. The number of fused-ring (bicyclic) bond motifs is 1. The van der Waals surface area contributed by atoms with Crippen LogP contribution in [-0.2, 0) is 15.9 Å². The molecule has 0 aliphatic rings. The number of hydrogen-bond acceptors (Lipinski definition) is 6. The third-order valence-electron chi connectivity index (χ3n) is 4.69. The molecule has 0 bridgehead atoms. The molecule has 0 saturated heterocycles. The Kier molecular flexibility index (Phi) is 6.77. The number of nitrogens with zero attached hydrogens (tertiary/aromatic N) is 2. The van der Waals surface area contributed by atoms with Gasteiger partial charge in [0.15, 0.2) is 11.1 Å². The van der Waals surface area contributed by atoms with Crippen molar-refractivity contribution in [3.63, 3.8) is 0 Å². The van der Waals surface area contributed by atoms with E-state index in [2.05, 4.69) is 32.2 Å². The Labute approximate surface area is 192 Å². The van der Waals surface area contributed by atoms with Gasteiger partial charge in [-0.15, -0.1) is 0 Å². The summed E-state index contributed by atoms with van der Waals surface area (Å²) in [5, 5.41) is 6.50. The predicted octanol–water partition coefficient (Wildman–Crippen LogP) is 4.18. The molecule has 2 aromatic heterocycles. The number of aromatic nitrogens is 3. The van der Waals surface area contributed by atoms with Crippen molar-refractivity contribution >= 4 is 39.4 Å². The molecule has 2 aromatic carbocycles. The monoisotopic (exact) mass is 463 g/mol. The van der Waals surface area contributed by atoms with Crippen LogP contribution in [0.15, 0.2) is 73.6 Å². The summed E-state index contributed by atoms with van der Waals surface area (Å²) in [7, 11) is 0. The second-order valence-corrected chi connectivity index (χ2v) is 8.03. The maximum absolute atomic E-state index is 11.5. The highest BCUT2D eigenvalue weighted by Gasteiger charge is 2.12. The number of carbonyl (C=O) groups is 1. The molecule has 33 heavy (non-hydrogen) atoms. The first kappa shape index (κ1) is 22.2. The molecule has 1 amide bonds. The van der Waals surface area contributed by atoms with Crippen molar-refractivity contribution in [1.82, 2.24) is 15.0 Å². The largest absolute Gasteiger partial charge is 0.438 e. The third kappa shape index (κ3) is 5.62. The Morgan fingerprint density at radius 2 is 1.97 bits per heavy atom. The molecule has 4 rings (SSSR count). The lowest BCUT2D eigenvalue weighted by Gasteiger charge is -2.07. The number of H-pyrrole nitrogens is 1.